The number of fused-ring (bicyclic) bond motifs is 3. The summed E-state index contributed by atoms with van der Waals surface area (Å²) < 4.78 is 102. The molecule has 284 valence electrons. The van der Waals surface area contributed by atoms with Crippen LogP contribution in [0.3, 0.4) is 0 Å². The minimum Gasteiger partial charge on any atom is -0.309 e. The van der Waals surface area contributed by atoms with E-state index in [1.54, 1.807) is 42.5 Å². The summed E-state index contributed by atoms with van der Waals surface area (Å²) in [6, 6.07) is 44.0. The van der Waals surface area contributed by atoms with E-state index in [1.807, 2.05) is 89.5 Å². The Hall–Kier alpha value is -7.14. The van der Waals surface area contributed by atoms with Gasteiger partial charge in [0.1, 0.15) is 5.82 Å². The maximum Gasteiger partial charge on any atom is 0.417 e. The Balaban J connectivity index is 1.33. The molecule has 0 bridgehead atoms. The van der Waals surface area contributed by atoms with Crippen molar-refractivity contribution in [3.8, 4) is 62.1 Å². The number of halogens is 7. The minimum absolute atomic E-state index is 0.0404. The number of aromatic nitrogens is 4. The molecular formula is C47H27F7N4. The normalized spacial score (nSPS) is 12.1. The average molecular weight is 781 g/mol. The lowest BCUT2D eigenvalue weighted by atomic mass is 9.96. The Morgan fingerprint density at radius 3 is 1.59 bits per heavy atom. The molecule has 0 N–H and O–H groups in total. The third-order valence-electron chi connectivity index (χ3n) is 10.00. The van der Waals surface area contributed by atoms with Crippen molar-refractivity contribution in [3.63, 3.8) is 0 Å². The lowest BCUT2D eigenvalue weighted by molar-refractivity contribution is -0.142. The predicted molar refractivity (Wildman–Crippen MR) is 211 cm³/mol. The second kappa shape index (κ2) is 14.1. The monoisotopic (exact) mass is 780 g/mol. The van der Waals surface area contributed by atoms with Gasteiger partial charge in [0.25, 0.3) is 0 Å². The van der Waals surface area contributed by atoms with E-state index in [0.717, 1.165) is 22.6 Å². The van der Waals surface area contributed by atoms with Crippen LogP contribution in [0.25, 0.3) is 83.9 Å². The molecule has 0 amide bonds. The molecule has 0 aliphatic rings. The number of alkyl halides is 6. The quantitative estimate of drug-likeness (QED) is 0.158. The molecule has 0 spiro atoms. The molecule has 7 aromatic carbocycles. The van der Waals surface area contributed by atoms with Gasteiger partial charge in [-0.3, -0.25) is 0 Å². The van der Waals surface area contributed by atoms with Gasteiger partial charge in [-0.1, -0.05) is 127 Å². The summed E-state index contributed by atoms with van der Waals surface area (Å²) in [5.74, 6) is 0.649. The Morgan fingerprint density at radius 2 is 0.948 bits per heavy atom. The summed E-state index contributed by atoms with van der Waals surface area (Å²) in [7, 11) is 0. The second-order valence-electron chi connectivity index (χ2n) is 13.6. The Labute approximate surface area is 326 Å². The lowest BCUT2D eigenvalue weighted by Crippen LogP contribution is -2.12. The molecule has 0 aliphatic carbocycles. The number of hydrogen-bond acceptors (Lipinski definition) is 3. The molecule has 11 heteroatoms. The number of para-hydroxylation sites is 1. The van der Waals surface area contributed by atoms with Crippen LogP contribution in [0, 0.1) is 5.82 Å². The van der Waals surface area contributed by atoms with E-state index in [9.17, 15) is 26.3 Å². The van der Waals surface area contributed by atoms with Crippen molar-refractivity contribution in [3.05, 3.63) is 181 Å². The zero-order valence-corrected chi connectivity index (χ0v) is 30.0. The van der Waals surface area contributed by atoms with Crippen LogP contribution in [0.1, 0.15) is 11.1 Å². The number of nitrogens with zero attached hydrogens (tertiary/aromatic N) is 4. The highest BCUT2D eigenvalue weighted by Gasteiger charge is 2.38. The van der Waals surface area contributed by atoms with E-state index in [-0.39, 0.29) is 17.2 Å². The van der Waals surface area contributed by atoms with Crippen molar-refractivity contribution in [1.82, 2.24) is 19.5 Å². The van der Waals surface area contributed by atoms with Crippen LogP contribution in [0.2, 0.25) is 0 Å². The van der Waals surface area contributed by atoms with Crippen molar-refractivity contribution in [1.29, 1.82) is 0 Å². The number of benzene rings is 7. The Bertz CT molecular complexity index is 2930. The van der Waals surface area contributed by atoms with Crippen molar-refractivity contribution >= 4 is 21.8 Å². The molecule has 0 unspecified atom stereocenters. The molecule has 2 aromatic heterocycles. The summed E-state index contributed by atoms with van der Waals surface area (Å²) in [5, 5.41) is 1.40. The molecule has 58 heavy (non-hydrogen) atoms. The van der Waals surface area contributed by atoms with Crippen molar-refractivity contribution in [2.24, 2.45) is 0 Å². The molecule has 9 rings (SSSR count). The lowest BCUT2D eigenvalue weighted by Gasteiger charge is -2.18. The first-order valence-corrected chi connectivity index (χ1v) is 18.0. The number of hydrogen-bond donors (Lipinski definition) is 0. The van der Waals surface area contributed by atoms with Crippen LogP contribution in [0.5, 0.6) is 0 Å². The second-order valence-corrected chi connectivity index (χ2v) is 13.6. The highest BCUT2D eigenvalue weighted by Crippen LogP contribution is 2.44. The van der Waals surface area contributed by atoms with Gasteiger partial charge in [-0.15, -0.1) is 0 Å². The van der Waals surface area contributed by atoms with E-state index in [0.29, 0.717) is 56.8 Å². The molecular weight excluding hydrogens is 754 g/mol. The van der Waals surface area contributed by atoms with Crippen LogP contribution in [0.4, 0.5) is 30.7 Å². The van der Waals surface area contributed by atoms with Gasteiger partial charge in [0, 0.05) is 38.6 Å². The van der Waals surface area contributed by atoms with E-state index < -0.39 is 34.9 Å². The first-order chi connectivity index (χ1) is 27.9. The highest BCUT2D eigenvalue weighted by atomic mass is 19.4. The first-order valence-electron chi connectivity index (χ1n) is 18.0. The molecule has 2 heterocycles. The SMILES string of the molecule is Fc1ccccc1-c1ccc(-c2nc(-c3ccccc3)nc(-c3ccccc3)n2)cc1-n1c2ccccc2c2ccc(-c3ccc(C(F)(F)F)cc3C(F)(F)F)cc21. The molecule has 0 fully saturated rings. The van der Waals surface area contributed by atoms with Crippen LogP contribution < -0.4 is 0 Å². The topological polar surface area (TPSA) is 43.6 Å². The Kier molecular flexibility index (Phi) is 8.88. The van der Waals surface area contributed by atoms with Gasteiger partial charge in [0.05, 0.1) is 27.8 Å². The highest BCUT2D eigenvalue weighted by molar-refractivity contribution is 6.11. The minimum atomic E-state index is -5.09. The Morgan fingerprint density at radius 1 is 0.397 bits per heavy atom. The smallest absolute Gasteiger partial charge is 0.309 e. The molecule has 0 atom stereocenters. The van der Waals surface area contributed by atoms with Gasteiger partial charge in [-0.2, -0.15) is 26.3 Å². The van der Waals surface area contributed by atoms with Gasteiger partial charge in [-0.25, -0.2) is 19.3 Å². The van der Waals surface area contributed by atoms with E-state index >= 15 is 4.39 Å². The van der Waals surface area contributed by atoms with Gasteiger partial charge in [0.15, 0.2) is 17.5 Å². The van der Waals surface area contributed by atoms with Crippen molar-refractivity contribution < 1.29 is 30.7 Å². The van der Waals surface area contributed by atoms with Crippen LogP contribution in [0.15, 0.2) is 164 Å². The van der Waals surface area contributed by atoms with E-state index in [4.69, 9.17) is 15.0 Å². The van der Waals surface area contributed by atoms with Crippen LogP contribution in [-0.2, 0) is 12.4 Å². The molecule has 0 saturated heterocycles. The third-order valence-corrected chi connectivity index (χ3v) is 10.00. The summed E-state index contributed by atoms with van der Waals surface area (Å²) in [5.41, 5.74) is 1.10. The van der Waals surface area contributed by atoms with Gasteiger partial charge >= 0.3 is 12.4 Å². The summed E-state index contributed by atoms with van der Waals surface area (Å²) in [6.45, 7) is 0. The third kappa shape index (κ3) is 6.64. The molecule has 9 aromatic rings. The fraction of sp³-hybridized carbons (Fsp3) is 0.0426. The zero-order valence-electron chi connectivity index (χ0n) is 30.0. The van der Waals surface area contributed by atoms with Crippen LogP contribution >= 0.6 is 0 Å². The summed E-state index contributed by atoms with van der Waals surface area (Å²) in [6.07, 6.45) is -10.1. The van der Waals surface area contributed by atoms with E-state index in [2.05, 4.69) is 0 Å². The average Bonchev–Trinajstić information content (AvgIpc) is 3.57. The zero-order chi connectivity index (χ0) is 40.2. The van der Waals surface area contributed by atoms with Crippen molar-refractivity contribution in [2.45, 2.75) is 12.4 Å². The molecule has 4 nitrogen and oxygen atoms in total. The first kappa shape index (κ1) is 36.5. The molecule has 0 saturated carbocycles. The van der Waals surface area contributed by atoms with Crippen LogP contribution in [-0.4, -0.2) is 19.5 Å². The van der Waals surface area contributed by atoms with Gasteiger partial charge < -0.3 is 4.57 Å². The van der Waals surface area contributed by atoms with Gasteiger partial charge in [0.2, 0.25) is 0 Å². The largest absolute Gasteiger partial charge is 0.417 e. The molecule has 0 aliphatic heterocycles. The van der Waals surface area contributed by atoms with Gasteiger partial charge in [-0.05, 0) is 47.5 Å². The standard InChI is InChI=1S/C47H27F7N4/c48-39-17-9-7-15-34(39)36-23-20-31(45-56-43(28-11-3-1-4-12-28)55-44(57-45)29-13-5-2-6-14-29)26-42(36)58-40-18-10-8-16-35(40)37-22-19-30(25-41(37)58)33-24-21-32(46(49,50)51)27-38(33)47(52,53)54/h1-27H. The maximum absolute atomic E-state index is 15.8. The summed E-state index contributed by atoms with van der Waals surface area (Å²) in [4.78, 5) is 14.6. The molecule has 0 radical (unpaired) electrons. The number of rotatable bonds is 6. The van der Waals surface area contributed by atoms with E-state index in [1.165, 1.54) is 18.2 Å². The fourth-order valence-corrected chi connectivity index (χ4v) is 7.31. The summed E-state index contributed by atoms with van der Waals surface area (Å²) >= 11 is 0. The van der Waals surface area contributed by atoms with Crippen molar-refractivity contribution in [2.75, 3.05) is 0 Å². The predicted octanol–water partition coefficient (Wildman–Crippen LogP) is 13.5. The fourth-order valence-electron chi connectivity index (χ4n) is 7.31. The maximum atomic E-state index is 15.8.